The molecule has 0 spiro atoms. The molecule has 0 bridgehead atoms. The number of nitrogens with two attached hydrogens (primary N) is 1. The Balaban J connectivity index is 3.49. The van der Waals surface area contributed by atoms with E-state index in [1.54, 1.807) is 11.8 Å². The molecule has 3 nitrogen and oxygen atoms in total. The highest BCUT2D eigenvalue weighted by molar-refractivity contribution is 8.00. The van der Waals surface area contributed by atoms with E-state index in [0.717, 1.165) is 25.1 Å². The lowest BCUT2D eigenvalue weighted by Gasteiger charge is -2.12. The van der Waals surface area contributed by atoms with Gasteiger partial charge in [0.05, 0.1) is 5.25 Å². The number of hydrogen-bond acceptors (Lipinski definition) is 3. The molecule has 0 aromatic carbocycles. The lowest BCUT2D eigenvalue weighted by Crippen LogP contribution is -2.32. The highest BCUT2D eigenvalue weighted by Crippen LogP contribution is 2.12. The molecule has 0 aliphatic rings. The molecule has 0 heterocycles. The van der Waals surface area contributed by atoms with Crippen LogP contribution >= 0.6 is 11.8 Å². The topological polar surface area (TPSA) is 55.1 Å². The van der Waals surface area contributed by atoms with Crippen molar-refractivity contribution in [2.45, 2.75) is 57.7 Å². The molecule has 16 heavy (non-hydrogen) atoms. The number of hydrogen-bond donors (Lipinski definition) is 2. The van der Waals surface area contributed by atoms with Gasteiger partial charge in [-0.2, -0.15) is 0 Å². The molecular weight excluding hydrogens is 220 g/mol. The van der Waals surface area contributed by atoms with Crippen molar-refractivity contribution in [1.29, 1.82) is 0 Å². The minimum absolute atomic E-state index is 0.0420. The monoisotopic (exact) mass is 246 g/mol. The summed E-state index contributed by atoms with van der Waals surface area (Å²) in [5.41, 5.74) is 5.65. The minimum Gasteiger partial charge on any atom is -0.355 e. The van der Waals surface area contributed by atoms with Gasteiger partial charge < -0.3 is 11.1 Å². The van der Waals surface area contributed by atoms with Gasteiger partial charge in [-0.15, -0.1) is 11.8 Å². The first-order chi connectivity index (χ1) is 7.57. The van der Waals surface area contributed by atoms with Crippen molar-refractivity contribution in [2.24, 2.45) is 5.73 Å². The van der Waals surface area contributed by atoms with E-state index in [1.807, 2.05) is 13.8 Å². The summed E-state index contributed by atoms with van der Waals surface area (Å²) in [5.74, 6) is 1.12. The average Bonchev–Trinajstić information content (AvgIpc) is 2.23. The van der Waals surface area contributed by atoms with E-state index in [2.05, 4.69) is 12.2 Å². The van der Waals surface area contributed by atoms with E-state index in [1.165, 1.54) is 12.8 Å². The number of rotatable bonds is 9. The van der Waals surface area contributed by atoms with E-state index < -0.39 is 0 Å². The number of amides is 1. The molecule has 0 rings (SSSR count). The third-order valence-corrected chi connectivity index (χ3v) is 3.58. The summed E-state index contributed by atoms with van der Waals surface area (Å²) in [7, 11) is 0. The Hall–Kier alpha value is -0.220. The predicted molar refractivity (Wildman–Crippen MR) is 72.7 cm³/mol. The molecule has 96 valence electrons. The van der Waals surface area contributed by atoms with Crippen LogP contribution in [-0.4, -0.2) is 29.5 Å². The summed E-state index contributed by atoms with van der Waals surface area (Å²) in [6, 6.07) is 0.229. The predicted octanol–water partition coefficient (Wildman–Crippen LogP) is 2.15. The van der Waals surface area contributed by atoms with Crippen LogP contribution in [-0.2, 0) is 4.79 Å². The van der Waals surface area contributed by atoms with Crippen LogP contribution in [0.15, 0.2) is 0 Å². The molecule has 0 saturated heterocycles. The first-order valence-corrected chi connectivity index (χ1v) is 7.27. The van der Waals surface area contributed by atoms with Gasteiger partial charge in [-0.3, -0.25) is 4.79 Å². The highest BCUT2D eigenvalue weighted by atomic mass is 32.2. The van der Waals surface area contributed by atoms with Crippen LogP contribution in [0.5, 0.6) is 0 Å². The van der Waals surface area contributed by atoms with Crippen LogP contribution in [0.2, 0.25) is 0 Å². The van der Waals surface area contributed by atoms with Crippen molar-refractivity contribution in [3.8, 4) is 0 Å². The third-order valence-electron chi connectivity index (χ3n) is 2.39. The molecule has 1 amide bonds. The quantitative estimate of drug-likeness (QED) is 0.613. The van der Waals surface area contributed by atoms with Crippen molar-refractivity contribution < 1.29 is 4.79 Å². The van der Waals surface area contributed by atoms with Gasteiger partial charge in [-0.05, 0) is 32.4 Å². The molecule has 4 heteroatoms. The number of unbranched alkanes of at least 4 members (excludes halogenated alkanes) is 2. The normalized spacial score (nSPS) is 14.5. The molecule has 3 N–H and O–H groups in total. The molecule has 0 radical (unpaired) electrons. The maximum Gasteiger partial charge on any atom is 0.232 e. The summed E-state index contributed by atoms with van der Waals surface area (Å²) < 4.78 is 0. The van der Waals surface area contributed by atoms with Crippen LogP contribution < -0.4 is 11.1 Å². The number of thioether (sulfide) groups is 1. The van der Waals surface area contributed by atoms with Gasteiger partial charge >= 0.3 is 0 Å². The van der Waals surface area contributed by atoms with Gasteiger partial charge in [-0.1, -0.05) is 19.8 Å². The number of carbonyl (C=O) groups is 1. The summed E-state index contributed by atoms with van der Waals surface area (Å²) in [6.45, 7) is 6.93. The van der Waals surface area contributed by atoms with Gasteiger partial charge in [0.1, 0.15) is 0 Å². The van der Waals surface area contributed by atoms with Crippen molar-refractivity contribution in [1.82, 2.24) is 5.32 Å². The maximum atomic E-state index is 11.6. The summed E-state index contributed by atoms with van der Waals surface area (Å²) in [4.78, 5) is 11.6. The van der Waals surface area contributed by atoms with E-state index in [0.29, 0.717) is 0 Å². The number of nitrogens with one attached hydrogen (secondary N) is 1. The Labute approximate surface area is 104 Å². The molecule has 0 aromatic heterocycles. The van der Waals surface area contributed by atoms with E-state index in [9.17, 15) is 4.79 Å². The van der Waals surface area contributed by atoms with E-state index >= 15 is 0 Å². The molecule has 2 atom stereocenters. The fraction of sp³-hybridized carbons (Fsp3) is 0.917. The molecule has 0 saturated carbocycles. The van der Waals surface area contributed by atoms with Crippen LogP contribution in [0.3, 0.4) is 0 Å². The fourth-order valence-corrected chi connectivity index (χ4v) is 2.33. The zero-order valence-electron chi connectivity index (χ0n) is 10.8. The van der Waals surface area contributed by atoms with Crippen LogP contribution in [0.4, 0.5) is 0 Å². The number of carbonyl (C=O) groups excluding carboxylic acids is 1. The highest BCUT2D eigenvalue weighted by Gasteiger charge is 2.12. The Morgan fingerprint density at radius 1 is 1.38 bits per heavy atom. The summed E-state index contributed by atoms with van der Waals surface area (Å²) in [6.07, 6.45) is 4.43. The van der Waals surface area contributed by atoms with Gasteiger partial charge in [0.25, 0.3) is 0 Å². The lowest BCUT2D eigenvalue weighted by atomic mass is 10.2. The van der Waals surface area contributed by atoms with Gasteiger partial charge in [-0.25, -0.2) is 0 Å². The smallest absolute Gasteiger partial charge is 0.232 e. The molecular formula is C12H26N2OS. The van der Waals surface area contributed by atoms with E-state index in [-0.39, 0.29) is 17.2 Å². The largest absolute Gasteiger partial charge is 0.355 e. The lowest BCUT2D eigenvalue weighted by molar-refractivity contribution is -0.120. The molecule has 2 unspecified atom stereocenters. The Bertz CT molecular complexity index is 186. The summed E-state index contributed by atoms with van der Waals surface area (Å²) in [5, 5.41) is 3.01. The Morgan fingerprint density at radius 3 is 2.62 bits per heavy atom. The molecule has 0 aliphatic heterocycles. The summed E-state index contributed by atoms with van der Waals surface area (Å²) >= 11 is 1.68. The average molecular weight is 246 g/mol. The second-order valence-electron chi connectivity index (χ2n) is 4.28. The fourth-order valence-electron chi connectivity index (χ4n) is 1.24. The van der Waals surface area contributed by atoms with Gasteiger partial charge in [0, 0.05) is 12.6 Å². The van der Waals surface area contributed by atoms with E-state index in [4.69, 9.17) is 5.73 Å². The Morgan fingerprint density at radius 2 is 2.06 bits per heavy atom. The van der Waals surface area contributed by atoms with Gasteiger partial charge in [0.15, 0.2) is 0 Å². The second-order valence-corrected chi connectivity index (χ2v) is 5.73. The second kappa shape index (κ2) is 9.97. The molecule has 0 aliphatic carbocycles. The Kier molecular flexibility index (Phi) is 9.83. The minimum atomic E-state index is 0.0420. The van der Waals surface area contributed by atoms with Crippen LogP contribution in [0.25, 0.3) is 0 Å². The first kappa shape index (κ1) is 15.8. The van der Waals surface area contributed by atoms with Crippen LogP contribution in [0, 0.1) is 0 Å². The van der Waals surface area contributed by atoms with Crippen molar-refractivity contribution in [2.75, 3.05) is 12.3 Å². The standard InChI is InChI=1S/C12H26N2OS/c1-4-5-6-8-14-12(15)11(3)16-9-7-10(2)13/h10-11H,4-9,13H2,1-3H3,(H,14,15). The zero-order chi connectivity index (χ0) is 12.4. The third kappa shape index (κ3) is 9.04. The maximum absolute atomic E-state index is 11.6. The van der Waals surface area contributed by atoms with Crippen LogP contribution in [0.1, 0.15) is 46.5 Å². The SMILES string of the molecule is CCCCCNC(=O)C(C)SCCC(C)N. The van der Waals surface area contributed by atoms with Crippen molar-refractivity contribution in [3.63, 3.8) is 0 Å². The molecule has 0 aromatic rings. The van der Waals surface area contributed by atoms with Crippen molar-refractivity contribution in [3.05, 3.63) is 0 Å². The van der Waals surface area contributed by atoms with Crippen molar-refractivity contribution >= 4 is 17.7 Å². The molecule has 0 fully saturated rings. The zero-order valence-corrected chi connectivity index (χ0v) is 11.6. The van der Waals surface area contributed by atoms with Gasteiger partial charge in [0.2, 0.25) is 5.91 Å². The first-order valence-electron chi connectivity index (χ1n) is 6.22.